The summed E-state index contributed by atoms with van der Waals surface area (Å²) in [5, 5.41) is 3.26. The molecule has 0 saturated carbocycles. The number of ketones is 1. The standard InChI is InChI=1S/C17H24F3NO/c1-11(2)15(22)14(10-21-16(3,4)5)12-6-8-13(9-7-12)17(18,19)20/h6-9,11,14,21H,10H2,1-5H3/t14-/m1/s1. The van der Waals surface area contributed by atoms with Gasteiger partial charge in [-0.15, -0.1) is 0 Å². The number of carbonyl (C=O) groups excluding carboxylic acids is 1. The molecule has 1 N–H and O–H groups in total. The quantitative estimate of drug-likeness (QED) is 0.872. The summed E-state index contributed by atoms with van der Waals surface area (Å²) < 4.78 is 37.9. The highest BCUT2D eigenvalue weighted by Gasteiger charge is 2.31. The lowest BCUT2D eigenvalue weighted by Gasteiger charge is -2.26. The molecule has 0 fully saturated rings. The van der Waals surface area contributed by atoms with Gasteiger partial charge in [0, 0.05) is 18.0 Å². The Labute approximate surface area is 130 Å². The third-order valence-corrected chi connectivity index (χ3v) is 3.39. The first-order chi connectivity index (χ1) is 9.92. The lowest BCUT2D eigenvalue weighted by molar-refractivity contribution is -0.137. The molecule has 0 aliphatic rings. The third-order valence-electron chi connectivity index (χ3n) is 3.39. The summed E-state index contributed by atoms with van der Waals surface area (Å²) in [4.78, 5) is 12.4. The second kappa shape index (κ2) is 6.82. The van der Waals surface area contributed by atoms with E-state index in [2.05, 4.69) is 5.32 Å². The van der Waals surface area contributed by atoms with E-state index in [1.54, 1.807) is 13.8 Å². The highest BCUT2D eigenvalue weighted by molar-refractivity contribution is 5.87. The van der Waals surface area contributed by atoms with Gasteiger partial charge in [-0.1, -0.05) is 26.0 Å². The Morgan fingerprint density at radius 1 is 1.09 bits per heavy atom. The molecule has 1 aromatic rings. The monoisotopic (exact) mass is 315 g/mol. The van der Waals surface area contributed by atoms with Crippen molar-refractivity contribution in [1.29, 1.82) is 0 Å². The van der Waals surface area contributed by atoms with Gasteiger partial charge < -0.3 is 5.32 Å². The lowest BCUT2D eigenvalue weighted by Crippen LogP contribution is -2.40. The second-order valence-electron chi connectivity index (χ2n) is 6.86. The van der Waals surface area contributed by atoms with Gasteiger partial charge in [0.1, 0.15) is 5.78 Å². The van der Waals surface area contributed by atoms with Crippen LogP contribution in [0.25, 0.3) is 0 Å². The van der Waals surface area contributed by atoms with Crippen molar-refractivity contribution in [3.05, 3.63) is 35.4 Å². The fraction of sp³-hybridized carbons (Fsp3) is 0.588. The van der Waals surface area contributed by atoms with Crippen LogP contribution in [0, 0.1) is 5.92 Å². The minimum absolute atomic E-state index is 0.0245. The highest BCUT2D eigenvalue weighted by Crippen LogP contribution is 2.30. The van der Waals surface area contributed by atoms with E-state index in [0.29, 0.717) is 12.1 Å². The van der Waals surface area contributed by atoms with E-state index in [9.17, 15) is 18.0 Å². The van der Waals surface area contributed by atoms with Crippen molar-refractivity contribution in [1.82, 2.24) is 5.32 Å². The molecule has 1 atom stereocenters. The molecule has 0 aliphatic heterocycles. The van der Waals surface area contributed by atoms with Crippen LogP contribution in [0.4, 0.5) is 13.2 Å². The van der Waals surface area contributed by atoms with E-state index in [4.69, 9.17) is 0 Å². The van der Waals surface area contributed by atoms with Crippen LogP contribution in [-0.4, -0.2) is 17.9 Å². The van der Waals surface area contributed by atoms with Crippen LogP contribution >= 0.6 is 0 Å². The molecule has 0 bridgehead atoms. The summed E-state index contributed by atoms with van der Waals surface area (Å²) in [6.07, 6.45) is -4.36. The molecular formula is C17H24F3NO. The molecule has 0 amide bonds. The van der Waals surface area contributed by atoms with Gasteiger partial charge in [-0.05, 0) is 38.5 Å². The molecule has 1 aromatic carbocycles. The fourth-order valence-corrected chi connectivity index (χ4v) is 2.10. The normalized spacial score (nSPS) is 14.2. The summed E-state index contributed by atoms with van der Waals surface area (Å²) in [6, 6.07) is 4.87. The van der Waals surface area contributed by atoms with Gasteiger partial charge in [0.05, 0.1) is 11.5 Å². The zero-order chi connectivity index (χ0) is 17.1. The Morgan fingerprint density at radius 2 is 1.59 bits per heavy atom. The van der Waals surface area contributed by atoms with Crippen LogP contribution in [0.5, 0.6) is 0 Å². The van der Waals surface area contributed by atoms with Crippen molar-refractivity contribution in [3.63, 3.8) is 0 Å². The molecule has 2 nitrogen and oxygen atoms in total. The van der Waals surface area contributed by atoms with E-state index >= 15 is 0 Å². The third kappa shape index (κ3) is 5.44. The Balaban J connectivity index is 3.03. The molecular weight excluding hydrogens is 291 g/mol. The molecule has 0 radical (unpaired) electrons. The van der Waals surface area contributed by atoms with Crippen molar-refractivity contribution < 1.29 is 18.0 Å². The molecule has 1 rings (SSSR count). The molecule has 0 unspecified atom stereocenters. The average Bonchev–Trinajstić information content (AvgIpc) is 2.36. The first-order valence-electron chi connectivity index (χ1n) is 7.37. The maximum absolute atomic E-state index is 12.6. The van der Waals surface area contributed by atoms with Crippen LogP contribution in [0.1, 0.15) is 51.7 Å². The minimum Gasteiger partial charge on any atom is -0.311 e. The number of carbonyl (C=O) groups is 1. The maximum Gasteiger partial charge on any atom is 0.416 e. The van der Waals surface area contributed by atoms with Crippen LogP contribution in [0.15, 0.2) is 24.3 Å². The van der Waals surface area contributed by atoms with Gasteiger partial charge in [-0.25, -0.2) is 0 Å². The molecule has 22 heavy (non-hydrogen) atoms. The molecule has 5 heteroatoms. The van der Waals surface area contributed by atoms with E-state index in [1.165, 1.54) is 12.1 Å². The first kappa shape index (κ1) is 18.7. The maximum atomic E-state index is 12.6. The predicted octanol–water partition coefficient (Wildman–Crippen LogP) is 4.40. The SMILES string of the molecule is CC(C)C(=O)[C@H](CNC(C)(C)C)c1ccc(C(F)(F)F)cc1. The summed E-state index contributed by atoms with van der Waals surface area (Å²) in [5.74, 6) is -0.591. The van der Waals surface area contributed by atoms with Crippen LogP contribution in [0.3, 0.4) is 0 Å². The number of alkyl halides is 3. The van der Waals surface area contributed by atoms with E-state index in [0.717, 1.165) is 12.1 Å². The molecule has 0 aromatic heterocycles. The number of rotatable bonds is 5. The number of benzene rings is 1. The summed E-state index contributed by atoms with van der Waals surface area (Å²) >= 11 is 0. The number of nitrogens with one attached hydrogen (secondary N) is 1. The van der Waals surface area contributed by atoms with Crippen molar-refractivity contribution >= 4 is 5.78 Å². The average molecular weight is 315 g/mol. The molecule has 0 saturated heterocycles. The number of halogens is 3. The lowest BCUT2D eigenvalue weighted by atomic mass is 9.87. The Kier molecular flexibility index (Phi) is 5.79. The Hall–Kier alpha value is -1.36. The topological polar surface area (TPSA) is 29.1 Å². The smallest absolute Gasteiger partial charge is 0.311 e. The van der Waals surface area contributed by atoms with Crippen molar-refractivity contribution in [2.75, 3.05) is 6.54 Å². The molecule has 0 heterocycles. The number of hydrogen-bond donors (Lipinski definition) is 1. The molecule has 124 valence electrons. The van der Waals surface area contributed by atoms with E-state index in [1.807, 2.05) is 20.8 Å². The summed E-state index contributed by atoms with van der Waals surface area (Å²) in [6.45, 7) is 9.96. The van der Waals surface area contributed by atoms with Gasteiger partial charge in [-0.2, -0.15) is 13.2 Å². The predicted molar refractivity (Wildman–Crippen MR) is 81.8 cm³/mol. The van der Waals surface area contributed by atoms with Crippen molar-refractivity contribution in [2.45, 2.75) is 52.3 Å². The van der Waals surface area contributed by atoms with Gasteiger partial charge in [-0.3, -0.25) is 4.79 Å². The first-order valence-corrected chi connectivity index (χ1v) is 7.37. The molecule has 0 aliphatic carbocycles. The van der Waals surface area contributed by atoms with Gasteiger partial charge in [0.2, 0.25) is 0 Å². The highest BCUT2D eigenvalue weighted by atomic mass is 19.4. The van der Waals surface area contributed by atoms with Crippen LogP contribution < -0.4 is 5.32 Å². The Bertz CT molecular complexity index is 498. The zero-order valence-corrected chi connectivity index (χ0v) is 13.7. The van der Waals surface area contributed by atoms with Crippen molar-refractivity contribution in [2.24, 2.45) is 5.92 Å². The number of Topliss-reactive ketones (excluding diaryl/α,β-unsaturated/α-hetero) is 1. The van der Waals surface area contributed by atoms with Gasteiger partial charge in [0.25, 0.3) is 0 Å². The molecule has 0 spiro atoms. The largest absolute Gasteiger partial charge is 0.416 e. The fourth-order valence-electron chi connectivity index (χ4n) is 2.10. The van der Waals surface area contributed by atoms with Gasteiger partial charge in [0.15, 0.2) is 0 Å². The Morgan fingerprint density at radius 3 is 1.95 bits per heavy atom. The summed E-state index contributed by atoms with van der Waals surface area (Å²) in [5.41, 5.74) is -0.249. The van der Waals surface area contributed by atoms with Crippen LogP contribution in [-0.2, 0) is 11.0 Å². The number of hydrogen-bond acceptors (Lipinski definition) is 2. The zero-order valence-electron chi connectivity index (χ0n) is 13.7. The summed E-state index contributed by atoms with van der Waals surface area (Å²) in [7, 11) is 0. The van der Waals surface area contributed by atoms with E-state index < -0.39 is 17.7 Å². The van der Waals surface area contributed by atoms with Gasteiger partial charge >= 0.3 is 6.18 Å². The van der Waals surface area contributed by atoms with Crippen LogP contribution in [0.2, 0.25) is 0 Å². The van der Waals surface area contributed by atoms with Crippen molar-refractivity contribution in [3.8, 4) is 0 Å². The minimum atomic E-state index is -4.36. The second-order valence-corrected chi connectivity index (χ2v) is 6.86. The van der Waals surface area contributed by atoms with E-state index in [-0.39, 0.29) is 17.2 Å².